The fourth-order valence-electron chi connectivity index (χ4n) is 1.70. The first-order valence-electron chi connectivity index (χ1n) is 6.04. The Kier molecular flexibility index (Phi) is 4.53. The van der Waals surface area contributed by atoms with Gasteiger partial charge in [-0.3, -0.25) is 4.79 Å². The molecule has 0 aliphatic carbocycles. The minimum Gasteiger partial charge on any atom is -0.486 e. The number of ketones is 1. The normalized spacial score (nSPS) is 14.2. The van der Waals surface area contributed by atoms with Crippen molar-refractivity contribution >= 4 is 17.5 Å². The molecule has 0 saturated carbocycles. The van der Waals surface area contributed by atoms with Crippen LogP contribution >= 0.6 is 11.8 Å². The second-order valence-electron chi connectivity index (χ2n) is 4.19. The molecule has 2 rings (SSSR count). The molecule has 1 aliphatic rings. The highest BCUT2D eigenvalue weighted by molar-refractivity contribution is 8.00. The van der Waals surface area contributed by atoms with Gasteiger partial charge in [-0.2, -0.15) is 5.26 Å². The SMILES string of the molecule is C/C(N)=C(/C#N)C(=O)CSc1ccc2c(c1)OCCO2. The second-order valence-corrected chi connectivity index (χ2v) is 5.24. The van der Waals surface area contributed by atoms with E-state index in [0.717, 1.165) is 4.90 Å². The summed E-state index contributed by atoms with van der Waals surface area (Å²) in [5, 5.41) is 8.87. The molecule has 20 heavy (non-hydrogen) atoms. The van der Waals surface area contributed by atoms with Crippen LogP contribution in [0.3, 0.4) is 0 Å². The molecule has 1 aromatic rings. The van der Waals surface area contributed by atoms with Gasteiger partial charge in [0.25, 0.3) is 0 Å². The third kappa shape index (κ3) is 3.25. The van der Waals surface area contributed by atoms with Gasteiger partial charge in [-0.05, 0) is 25.1 Å². The van der Waals surface area contributed by atoms with Crippen LogP contribution in [0.1, 0.15) is 6.92 Å². The Morgan fingerprint density at radius 1 is 1.40 bits per heavy atom. The van der Waals surface area contributed by atoms with Gasteiger partial charge in [0.1, 0.15) is 24.9 Å². The van der Waals surface area contributed by atoms with Gasteiger partial charge >= 0.3 is 0 Å². The lowest BCUT2D eigenvalue weighted by Gasteiger charge is -2.18. The summed E-state index contributed by atoms with van der Waals surface area (Å²) in [7, 11) is 0. The number of carbonyl (C=O) groups excluding carboxylic acids is 1. The molecule has 0 bridgehead atoms. The number of allylic oxidation sites excluding steroid dienone is 2. The predicted molar refractivity (Wildman–Crippen MR) is 75.7 cm³/mol. The largest absolute Gasteiger partial charge is 0.486 e. The number of nitrogens with two attached hydrogens (primary N) is 1. The van der Waals surface area contributed by atoms with E-state index in [-0.39, 0.29) is 22.8 Å². The van der Waals surface area contributed by atoms with Gasteiger partial charge in [-0.1, -0.05) is 0 Å². The summed E-state index contributed by atoms with van der Waals surface area (Å²) in [6.07, 6.45) is 0. The molecule has 0 aromatic heterocycles. The molecule has 104 valence electrons. The van der Waals surface area contributed by atoms with Crippen molar-refractivity contribution < 1.29 is 14.3 Å². The van der Waals surface area contributed by atoms with Gasteiger partial charge in [0.05, 0.1) is 5.75 Å². The van der Waals surface area contributed by atoms with Crippen molar-refractivity contribution in [3.8, 4) is 17.6 Å². The number of hydrogen-bond acceptors (Lipinski definition) is 6. The van der Waals surface area contributed by atoms with Crippen molar-refractivity contribution in [2.24, 2.45) is 5.73 Å². The summed E-state index contributed by atoms with van der Waals surface area (Å²) >= 11 is 1.34. The van der Waals surface area contributed by atoms with Crippen LogP contribution in [0.4, 0.5) is 0 Å². The molecule has 0 fully saturated rings. The first-order chi connectivity index (χ1) is 9.61. The summed E-state index contributed by atoms with van der Waals surface area (Å²) in [6.45, 7) is 2.61. The molecule has 1 heterocycles. The first-order valence-corrected chi connectivity index (χ1v) is 7.02. The number of carbonyl (C=O) groups is 1. The Morgan fingerprint density at radius 2 is 2.10 bits per heavy atom. The molecule has 2 N–H and O–H groups in total. The fourth-order valence-corrected chi connectivity index (χ4v) is 2.50. The Bertz CT molecular complexity index is 601. The third-order valence-corrected chi connectivity index (χ3v) is 3.66. The van der Waals surface area contributed by atoms with Gasteiger partial charge in [-0.25, -0.2) is 0 Å². The van der Waals surface area contributed by atoms with E-state index in [1.165, 1.54) is 11.8 Å². The van der Waals surface area contributed by atoms with Gasteiger partial charge in [-0.15, -0.1) is 11.8 Å². The predicted octanol–water partition coefficient (Wildman–Crippen LogP) is 1.88. The van der Waals surface area contributed by atoms with Crippen LogP contribution < -0.4 is 15.2 Å². The number of ether oxygens (including phenoxy) is 2. The minimum absolute atomic E-state index is 0.0232. The Morgan fingerprint density at radius 3 is 2.75 bits per heavy atom. The van der Waals surface area contributed by atoms with Gasteiger partial charge in [0, 0.05) is 10.6 Å². The highest BCUT2D eigenvalue weighted by atomic mass is 32.2. The number of nitriles is 1. The van der Waals surface area contributed by atoms with Crippen molar-refractivity contribution in [2.45, 2.75) is 11.8 Å². The fraction of sp³-hybridized carbons (Fsp3) is 0.286. The molecule has 5 nitrogen and oxygen atoms in total. The molecule has 0 amide bonds. The summed E-state index contributed by atoms with van der Waals surface area (Å²) in [5.74, 6) is 1.28. The zero-order valence-corrected chi connectivity index (χ0v) is 11.8. The molecule has 1 aliphatic heterocycles. The van der Waals surface area contributed by atoms with E-state index in [0.29, 0.717) is 24.7 Å². The first kappa shape index (κ1) is 14.3. The smallest absolute Gasteiger partial charge is 0.185 e. The van der Waals surface area contributed by atoms with Gasteiger partial charge in [0.2, 0.25) is 0 Å². The van der Waals surface area contributed by atoms with Crippen LogP contribution in [0, 0.1) is 11.3 Å². The topological polar surface area (TPSA) is 85.3 Å². The zero-order valence-electron chi connectivity index (χ0n) is 11.0. The summed E-state index contributed by atoms with van der Waals surface area (Å²) in [4.78, 5) is 12.7. The van der Waals surface area contributed by atoms with E-state index in [2.05, 4.69) is 0 Å². The molecular weight excluding hydrogens is 276 g/mol. The number of Topliss-reactive ketones (excluding diaryl/α,β-unsaturated/α-hetero) is 1. The molecule has 0 saturated heterocycles. The zero-order chi connectivity index (χ0) is 14.5. The van der Waals surface area contributed by atoms with Crippen molar-refractivity contribution in [3.05, 3.63) is 29.5 Å². The number of benzene rings is 1. The van der Waals surface area contributed by atoms with Crippen molar-refractivity contribution in [3.63, 3.8) is 0 Å². The van der Waals surface area contributed by atoms with E-state index >= 15 is 0 Å². The maximum atomic E-state index is 11.8. The van der Waals surface area contributed by atoms with Crippen molar-refractivity contribution in [1.29, 1.82) is 5.26 Å². The Hall–Kier alpha value is -2.13. The third-order valence-electron chi connectivity index (χ3n) is 2.67. The van der Waals surface area contributed by atoms with Crippen LogP contribution in [0.15, 0.2) is 34.4 Å². The monoisotopic (exact) mass is 290 g/mol. The lowest BCUT2D eigenvalue weighted by molar-refractivity contribution is -0.112. The van der Waals surface area contributed by atoms with Gasteiger partial charge in [0.15, 0.2) is 17.3 Å². The number of hydrogen-bond donors (Lipinski definition) is 1. The highest BCUT2D eigenvalue weighted by Gasteiger charge is 2.14. The molecule has 0 atom stereocenters. The Balaban J connectivity index is 2.03. The lowest BCUT2D eigenvalue weighted by Crippen LogP contribution is -2.15. The summed E-state index contributed by atoms with van der Waals surface area (Å²) in [6, 6.07) is 7.34. The van der Waals surface area contributed by atoms with E-state index < -0.39 is 0 Å². The molecule has 1 aromatic carbocycles. The molecule has 6 heteroatoms. The van der Waals surface area contributed by atoms with Crippen molar-refractivity contribution in [2.75, 3.05) is 19.0 Å². The molecule has 0 spiro atoms. The number of nitrogens with zero attached hydrogens (tertiary/aromatic N) is 1. The minimum atomic E-state index is -0.271. The number of thioether (sulfide) groups is 1. The molecule has 0 unspecified atom stereocenters. The maximum Gasteiger partial charge on any atom is 0.185 e. The van der Waals surface area contributed by atoms with Crippen LogP contribution in [0.2, 0.25) is 0 Å². The molecule has 0 radical (unpaired) electrons. The second kappa shape index (κ2) is 6.35. The molecular formula is C14H14N2O3S. The van der Waals surface area contributed by atoms with Gasteiger partial charge < -0.3 is 15.2 Å². The number of rotatable bonds is 4. The Labute approximate surface area is 121 Å². The highest BCUT2D eigenvalue weighted by Crippen LogP contribution is 2.34. The average molecular weight is 290 g/mol. The van der Waals surface area contributed by atoms with E-state index in [4.69, 9.17) is 20.5 Å². The van der Waals surface area contributed by atoms with E-state index in [1.807, 2.05) is 24.3 Å². The number of fused-ring (bicyclic) bond motifs is 1. The standard InChI is InChI=1S/C14H14N2O3S/c1-9(16)11(7-15)12(17)8-20-10-2-3-13-14(6-10)19-5-4-18-13/h2-3,6H,4-5,8,16H2,1H3/b11-9+. The maximum absolute atomic E-state index is 11.8. The van der Waals surface area contributed by atoms with Crippen molar-refractivity contribution in [1.82, 2.24) is 0 Å². The quantitative estimate of drug-likeness (QED) is 0.517. The van der Waals surface area contributed by atoms with Crippen LogP contribution in [-0.2, 0) is 4.79 Å². The van der Waals surface area contributed by atoms with Crippen LogP contribution in [0.5, 0.6) is 11.5 Å². The average Bonchev–Trinajstić information content (AvgIpc) is 2.45. The van der Waals surface area contributed by atoms with E-state index in [1.54, 1.807) is 6.92 Å². The summed E-state index contributed by atoms with van der Waals surface area (Å²) < 4.78 is 10.9. The van der Waals surface area contributed by atoms with E-state index in [9.17, 15) is 4.79 Å². The van der Waals surface area contributed by atoms with Crippen LogP contribution in [-0.4, -0.2) is 24.7 Å². The summed E-state index contributed by atoms with van der Waals surface area (Å²) in [5.41, 5.74) is 5.77. The van der Waals surface area contributed by atoms with Crippen LogP contribution in [0.25, 0.3) is 0 Å². The lowest BCUT2D eigenvalue weighted by atomic mass is 10.2.